The summed E-state index contributed by atoms with van der Waals surface area (Å²) in [6.07, 6.45) is 1.57. The second kappa shape index (κ2) is 10.2. The molecule has 1 N–H and O–H groups in total. The second-order valence-corrected chi connectivity index (χ2v) is 7.59. The molecule has 0 saturated carbocycles. The van der Waals surface area contributed by atoms with Crippen molar-refractivity contribution < 1.29 is 14.3 Å². The molecular weight excluding hydrogens is 416 g/mol. The van der Waals surface area contributed by atoms with Crippen LogP contribution < -0.4 is 14.9 Å². The van der Waals surface area contributed by atoms with E-state index in [1.165, 1.54) is 5.56 Å². The zero-order valence-electron chi connectivity index (χ0n) is 14.9. The molecule has 0 heterocycles. The Morgan fingerprint density at radius 1 is 1.27 bits per heavy atom. The fourth-order valence-corrected chi connectivity index (χ4v) is 3.61. The molecule has 0 aliphatic carbocycles. The number of benzene rings is 2. The van der Waals surface area contributed by atoms with Gasteiger partial charge in [0.15, 0.2) is 11.5 Å². The molecule has 0 spiro atoms. The van der Waals surface area contributed by atoms with Gasteiger partial charge in [-0.25, -0.2) is 5.43 Å². The summed E-state index contributed by atoms with van der Waals surface area (Å²) in [5.74, 6) is 1.84. The third-order valence-electron chi connectivity index (χ3n) is 3.56. The normalized spacial score (nSPS) is 12.0. The average Bonchev–Trinajstić information content (AvgIpc) is 2.66. The first-order chi connectivity index (χ1) is 12.5. The Kier molecular flexibility index (Phi) is 8.00. The van der Waals surface area contributed by atoms with Crippen molar-refractivity contribution in [1.82, 2.24) is 5.43 Å². The molecule has 0 aliphatic rings. The Hall–Kier alpha value is -1.99. The summed E-state index contributed by atoms with van der Waals surface area (Å²) in [5.41, 5.74) is 4.54. The van der Waals surface area contributed by atoms with Gasteiger partial charge in [0.25, 0.3) is 5.91 Å². The minimum Gasteiger partial charge on any atom is -0.493 e. The summed E-state index contributed by atoms with van der Waals surface area (Å²) in [7, 11) is 3.14. The number of halogens is 1. The van der Waals surface area contributed by atoms with E-state index in [4.69, 9.17) is 9.47 Å². The molecule has 0 saturated heterocycles. The second-order valence-electron chi connectivity index (χ2n) is 5.41. The summed E-state index contributed by atoms with van der Waals surface area (Å²) in [6, 6.07) is 13.7. The van der Waals surface area contributed by atoms with Gasteiger partial charge in [-0.05, 0) is 46.1 Å². The van der Waals surface area contributed by atoms with E-state index in [-0.39, 0.29) is 11.2 Å². The number of rotatable bonds is 8. The van der Waals surface area contributed by atoms with Crippen molar-refractivity contribution in [2.75, 3.05) is 14.2 Å². The lowest BCUT2D eigenvalue weighted by atomic mass is 10.2. The molecule has 5 nitrogen and oxygen atoms in total. The Bertz CT molecular complexity index is 769. The lowest BCUT2D eigenvalue weighted by Gasteiger charge is -2.11. The number of methoxy groups -OCH3 is 2. The lowest BCUT2D eigenvalue weighted by molar-refractivity contribution is -0.120. The standard InChI is InChI=1S/C19H21BrN2O3S/c1-13(26-12-14-7-5-4-6-8-14)19(23)22-21-11-15-9-16(20)18(25-3)17(10-15)24-2/h4-11,13H,12H2,1-3H3,(H,22,23)/b21-11-/t13-/m0/s1. The SMILES string of the molecule is COc1cc(/C=N\NC(=O)[C@H](C)SCc2ccccc2)cc(Br)c1OC. The van der Waals surface area contributed by atoms with Crippen LogP contribution in [0.1, 0.15) is 18.1 Å². The van der Waals surface area contributed by atoms with Crippen molar-refractivity contribution in [3.8, 4) is 11.5 Å². The number of nitrogens with one attached hydrogen (secondary N) is 1. The minimum absolute atomic E-state index is 0.137. The van der Waals surface area contributed by atoms with E-state index in [9.17, 15) is 4.79 Å². The van der Waals surface area contributed by atoms with E-state index in [1.54, 1.807) is 38.3 Å². The number of carbonyl (C=O) groups is 1. The van der Waals surface area contributed by atoms with E-state index in [2.05, 4.69) is 26.5 Å². The highest BCUT2D eigenvalue weighted by Gasteiger charge is 2.13. The number of nitrogens with zero attached hydrogens (tertiary/aromatic N) is 1. The van der Waals surface area contributed by atoms with Gasteiger partial charge in [-0.15, -0.1) is 11.8 Å². The van der Waals surface area contributed by atoms with Crippen LogP contribution in [0, 0.1) is 0 Å². The number of thioether (sulfide) groups is 1. The first-order valence-electron chi connectivity index (χ1n) is 7.95. The molecule has 1 atom stereocenters. The molecule has 0 aliphatic heterocycles. The van der Waals surface area contributed by atoms with Crippen LogP contribution >= 0.6 is 27.7 Å². The summed E-state index contributed by atoms with van der Waals surface area (Å²) >= 11 is 5.00. The zero-order valence-corrected chi connectivity index (χ0v) is 17.3. The molecule has 0 fully saturated rings. The molecular formula is C19H21BrN2O3S. The predicted molar refractivity (Wildman–Crippen MR) is 110 cm³/mol. The summed E-state index contributed by atoms with van der Waals surface area (Å²) in [6.45, 7) is 1.87. The molecule has 2 rings (SSSR count). The van der Waals surface area contributed by atoms with Crippen molar-refractivity contribution in [2.24, 2.45) is 5.10 Å². The van der Waals surface area contributed by atoms with Gasteiger partial charge < -0.3 is 9.47 Å². The molecule has 1 amide bonds. The van der Waals surface area contributed by atoms with Crippen LogP contribution in [0.3, 0.4) is 0 Å². The van der Waals surface area contributed by atoms with Gasteiger partial charge in [0.05, 0.1) is 30.2 Å². The quantitative estimate of drug-likeness (QED) is 0.496. The van der Waals surface area contributed by atoms with E-state index in [0.717, 1.165) is 15.8 Å². The summed E-state index contributed by atoms with van der Waals surface area (Å²) in [4.78, 5) is 12.1. The van der Waals surface area contributed by atoms with Crippen LogP contribution in [0.15, 0.2) is 52.0 Å². The Labute approximate surface area is 166 Å². The van der Waals surface area contributed by atoms with Crippen LogP contribution in [0.5, 0.6) is 11.5 Å². The number of hydrazone groups is 1. The molecule has 0 radical (unpaired) electrons. The Balaban J connectivity index is 1.91. The van der Waals surface area contributed by atoms with Crippen LogP contribution in [-0.4, -0.2) is 31.6 Å². The topological polar surface area (TPSA) is 59.9 Å². The van der Waals surface area contributed by atoms with Crippen LogP contribution in [0.25, 0.3) is 0 Å². The monoisotopic (exact) mass is 436 g/mol. The van der Waals surface area contributed by atoms with E-state index in [0.29, 0.717) is 11.5 Å². The van der Waals surface area contributed by atoms with Gasteiger partial charge in [-0.2, -0.15) is 5.10 Å². The lowest BCUT2D eigenvalue weighted by Crippen LogP contribution is -2.27. The molecule has 2 aromatic rings. The molecule has 138 valence electrons. The number of ether oxygens (including phenoxy) is 2. The third-order valence-corrected chi connectivity index (χ3v) is 5.36. The molecule has 0 bridgehead atoms. The van der Waals surface area contributed by atoms with Crippen molar-refractivity contribution in [3.63, 3.8) is 0 Å². The largest absolute Gasteiger partial charge is 0.493 e. The van der Waals surface area contributed by atoms with Crippen LogP contribution in [0.4, 0.5) is 0 Å². The Morgan fingerprint density at radius 2 is 2.00 bits per heavy atom. The van der Waals surface area contributed by atoms with E-state index < -0.39 is 0 Å². The van der Waals surface area contributed by atoms with Crippen LogP contribution in [0.2, 0.25) is 0 Å². The van der Waals surface area contributed by atoms with Gasteiger partial charge in [0.2, 0.25) is 0 Å². The maximum atomic E-state index is 12.1. The van der Waals surface area contributed by atoms with E-state index >= 15 is 0 Å². The molecule has 0 unspecified atom stereocenters. The highest BCUT2D eigenvalue weighted by molar-refractivity contribution is 9.10. The zero-order chi connectivity index (χ0) is 18.9. The number of amides is 1. The number of carbonyl (C=O) groups excluding carboxylic acids is 1. The molecule has 7 heteroatoms. The molecule has 0 aromatic heterocycles. The molecule has 26 heavy (non-hydrogen) atoms. The predicted octanol–water partition coefficient (Wildman–Crippen LogP) is 4.24. The number of hydrogen-bond donors (Lipinski definition) is 1. The van der Waals surface area contributed by atoms with Gasteiger partial charge in [-0.3, -0.25) is 4.79 Å². The summed E-state index contributed by atoms with van der Waals surface area (Å²) < 4.78 is 11.3. The minimum atomic E-state index is -0.204. The van der Waals surface area contributed by atoms with Crippen molar-refractivity contribution in [1.29, 1.82) is 0 Å². The maximum absolute atomic E-state index is 12.1. The van der Waals surface area contributed by atoms with Crippen molar-refractivity contribution in [3.05, 3.63) is 58.1 Å². The van der Waals surface area contributed by atoms with Gasteiger partial charge in [0, 0.05) is 5.75 Å². The van der Waals surface area contributed by atoms with E-state index in [1.807, 2.05) is 43.3 Å². The van der Waals surface area contributed by atoms with Crippen LogP contribution in [-0.2, 0) is 10.5 Å². The van der Waals surface area contributed by atoms with Gasteiger partial charge in [0.1, 0.15) is 0 Å². The fraction of sp³-hybridized carbons (Fsp3) is 0.263. The highest BCUT2D eigenvalue weighted by Crippen LogP contribution is 2.35. The summed E-state index contributed by atoms with van der Waals surface area (Å²) in [5, 5.41) is 3.83. The van der Waals surface area contributed by atoms with Gasteiger partial charge in [-0.1, -0.05) is 30.3 Å². The molecule has 2 aromatic carbocycles. The Morgan fingerprint density at radius 3 is 2.65 bits per heavy atom. The highest BCUT2D eigenvalue weighted by atomic mass is 79.9. The third kappa shape index (κ3) is 5.78. The maximum Gasteiger partial charge on any atom is 0.252 e. The smallest absolute Gasteiger partial charge is 0.252 e. The van der Waals surface area contributed by atoms with Crippen molar-refractivity contribution in [2.45, 2.75) is 17.9 Å². The average molecular weight is 437 g/mol. The first kappa shape index (κ1) is 20.3. The van der Waals surface area contributed by atoms with Crippen molar-refractivity contribution >= 4 is 39.8 Å². The van der Waals surface area contributed by atoms with Gasteiger partial charge >= 0.3 is 0 Å². The number of hydrogen-bond acceptors (Lipinski definition) is 5. The first-order valence-corrected chi connectivity index (χ1v) is 9.79. The fourth-order valence-electron chi connectivity index (χ4n) is 2.14.